The number of para-hydroxylation sites is 1. The topological polar surface area (TPSA) is 83.4 Å². The van der Waals surface area contributed by atoms with Gasteiger partial charge in [-0.05, 0) is 24.6 Å². The van der Waals surface area contributed by atoms with Gasteiger partial charge in [-0.1, -0.05) is 17.3 Å². The highest BCUT2D eigenvalue weighted by atomic mass is 16.5. The van der Waals surface area contributed by atoms with Gasteiger partial charge in [0.1, 0.15) is 0 Å². The lowest BCUT2D eigenvalue weighted by Crippen LogP contribution is -2.07. The van der Waals surface area contributed by atoms with E-state index in [1.54, 1.807) is 7.11 Å². The molecule has 0 unspecified atom stereocenters. The summed E-state index contributed by atoms with van der Waals surface area (Å²) in [6.07, 6.45) is 1.99. The van der Waals surface area contributed by atoms with Crippen LogP contribution in [0.3, 0.4) is 0 Å². The summed E-state index contributed by atoms with van der Waals surface area (Å²) < 4.78 is 15.6. The smallest absolute Gasteiger partial charge is 0.213 e. The van der Waals surface area contributed by atoms with Gasteiger partial charge in [0, 0.05) is 0 Å². The van der Waals surface area contributed by atoms with Gasteiger partial charge in [0.05, 0.1) is 7.11 Å². The van der Waals surface area contributed by atoms with Crippen molar-refractivity contribution < 1.29 is 14.0 Å². The summed E-state index contributed by atoms with van der Waals surface area (Å²) in [6.45, 7) is 0.778. The zero-order valence-corrected chi connectivity index (χ0v) is 10.1. The first-order chi connectivity index (χ1) is 8.85. The van der Waals surface area contributed by atoms with Gasteiger partial charge in [-0.15, -0.1) is 0 Å². The molecule has 0 fully saturated rings. The van der Waals surface area contributed by atoms with Crippen LogP contribution in [0.5, 0.6) is 11.5 Å². The summed E-state index contributed by atoms with van der Waals surface area (Å²) in [6, 6.07) is 5.71. The van der Waals surface area contributed by atoms with Gasteiger partial charge in [0.25, 0.3) is 0 Å². The second-order valence-corrected chi connectivity index (χ2v) is 3.62. The molecule has 0 saturated heterocycles. The first-order valence-corrected chi connectivity index (χ1v) is 5.59. The van der Waals surface area contributed by atoms with Gasteiger partial charge in [-0.2, -0.15) is 4.98 Å². The highest BCUT2D eigenvalue weighted by Crippen LogP contribution is 2.31. The van der Waals surface area contributed by atoms with Crippen molar-refractivity contribution in [1.82, 2.24) is 10.1 Å². The lowest BCUT2D eigenvalue weighted by Gasteiger charge is -2.13. The normalized spacial score (nSPS) is 10.3. The highest BCUT2D eigenvalue weighted by Gasteiger charge is 2.11. The highest BCUT2D eigenvalue weighted by molar-refractivity contribution is 5.46. The molecule has 96 valence electrons. The maximum Gasteiger partial charge on any atom is 0.213 e. The number of rotatable bonds is 6. The Morgan fingerprint density at radius 3 is 2.94 bits per heavy atom. The Balaban J connectivity index is 2.18. The van der Waals surface area contributed by atoms with E-state index in [1.807, 2.05) is 18.2 Å². The molecule has 0 saturated carbocycles. The molecular formula is C12H15N3O3. The average molecular weight is 249 g/mol. The molecule has 0 atom stereocenters. The number of aromatic nitrogens is 2. The van der Waals surface area contributed by atoms with Gasteiger partial charge in [0.15, 0.2) is 18.1 Å². The summed E-state index contributed by atoms with van der Waals surface area (Å²) in [5, 5.41) is 3.69. The van der Waals surface area contributed by atoms with E-state index >= 15 is 0 Å². The zero-order valence-electron chi connectivity index (χ0n) is 10.1. The van der Waals surface area contributed by atoms with Crippen LogP contribution < -0.4 is 15.2 Å². The number of benzene rings is 1. The second kappa shape index (κ2) is 6.02. The third-order valence-electron chi connectivity index (χ3n) is 2.45. The largest absolute Gasteiger partial charge is 0.493 e. The van der Waals surface area contributed by atoms with Crippen LogP contribution in [0.1, 0.15) is 11.4 Å². The molecule has 2 rings (SSSR count). The molecule has 1 heterocycles. The molecular weight excluding hydrogens is 234 g/mol. The van der Waals surface area contributed by atoms with Crippen molar-refractivity contribution in [3.8, 4) is 11.5 Å². The van der Waals surface area contributed by atoms with Crippen molar-refractivity contribution in [3.05, 3.63) is 36.0 Å². The molecule has 0 aliphatic rings. The van der Waals surface area contributed by atoms with Crippen molar-refractivity contribution in [3.63, 3.8) is 0 Å². The lowest BCUT2D eigenvalue weighted by atomic mass is 10.1. The Morgan fingerprint density at radius 1 is 1.39 bits per heavy atom. The lowest BCUT2D eigenvalue weighted by molar-refractivity contribution is 0.267. The Hall–Kier alpha value is -2.08. The van der Waals surface area contributed by atoms with E-state index in [0.29, 0.717) is 23.9 Å². The molecule has 0 aliphatic carbocycles. The molecule has 0 radical (unpaired) electrons. The maximum absolute atomic E-state index is 5.69. The fourth-order valence-corrected chi connectivity index (χ4v) is 1.63. The minimum Gasteiger partial charge on any atom is -0.493 e. The summed E-state index contributed by atoms with van der Waals surface area (Å²) >= 11 is 0. The molecule has 0 spiro atoms. The van der Waals surface area contributed by atoms with Crippen LogP contribution >= 0.6 is 0 Å². The average Bonchev–Trinajstić information content (AvgIpc) is 2.90. The number of methoxy groups -OCH3 is 1. The van der Waals surface area contributed by atoms with Crippen molar-refractivity contribution in [2.45, 2.75) is 13.0 Å². The fourth-order valence-electron chi connectivity index (χ4n) is 1.63. The van der Waals surface area contributed by atoms with Gasteiger partial charge in [0.2, 0.25) is 12.2 Å². The Kier molecular flexibility index (Phi) is 4.14. The van der Waals surface area contributed by atoms with Crippen molar-refractivity contribution >= 4 is 0 Å². The summed E-state index contributed by atoms with van der Waals surface area (Å²) in [4.78, 5) is 3.89. The first-order valence-electron chi connectivity index (χ1n) is 5.59. The zero-order chi connectivity index (χ0) is 12.8. The molecule has 0 amide bonds. The maximum atomic E-state index is 5.69. The SMILES string of the molecule is COc1cccc(CCN)c1OCc1ncon1. The van der Waals surface area contributed by atoms with Crippen LogP contribution in [-0.4, -0.2) is 23.8 Å². The second-order valence-electron chi connectivity index (χ2n) is 3.62. The standard InChI is InChI=1S/C12H15N3O3/c1-16-10-4-2-3-9(5-6-13)12(10)17-7-11-14-8-18-15-11/h2-4,8H,5-7,13H2,1H3. The summed E-state index contributed by atoms with van der Waals surface area (Å²) in [5.41, 5.74) is 6.58. The summed E-state index contributed by atoms with van der Waals surface area (Å²) in [5.74, 6) is 1.83. The minimum absolute atomic E-state index is 0.231. The molecule has 6 heteroatoms. The van der Waals surface area contributed by atoms with Crippen LogP contribution in [0.25, 0.3) is 0 Å². The van der Waals surface area contributed by atoms with Gasteiger partial charge >= 0.3 is 0 Å². The van der Waals surface area contributed by atoms with E-state index in [4.69, 9.17) is 15.2 Å². The van der Waals surface area contributed by atoms with E-state index in [2.05, 4.69) is 14.7 Å². The molecule has 6 nitrogen and oxygen atoms in total. The Labute approximate surface area is 105 Å². The van der Waals surface area contributed by atoms with E-state index in [0.717, 1.165) is 12.0 Å². The first kappa shape index (κ1) is 12.4. The number of hydrogen-bond donors (Lipinski definition) is 1. The van der Waals surface area contributed by atoms with Crippen LogP contribution in [0.2, 0.25) is 0 Å². The van der Waals surface area contributed by atoms with Crippen molar-refractivity contribution in [1.29, 1.82) is 0 Å². The third kappa shape index (κ3) is 2.78. The van der Waals surface area contributed by atoms with Crippen LogP contribution in [0.15, 0.2) is 29.1 Å². The van der Waals surface area contributed by atoms with Crippen molar-refractivity contribution in [2.24, 2.45) is 5.73 Å². The monoisotopic (exact) mass is 249 g/mol. The third-order valence-corrected chi connectivity index (χ3v) is 2.45. The molecule has 0 bridgehead atoms. The predicted octanol–water partition coefficient (Wildman–Crippen LogP) is 1.16. The predicted molar refractivity (Wildman–Crippen MR) is 64.4 cm³/mol. The van der Waals surface area contributed by atoms with Crippen LogP contribution in [-0.2, 0) is 13.0 Å². The van der Waals surface area contributed by atoms with E-state index in [1.165, 1.54) is 6.39 Å². The number of hydrogen-bond acceptors (Lipinski definition) is 6. The number of ether oxygens (including phenoxy) is 2. The Morgan fingerprint density at radius 2 is 2.28 bits per heavy atom. The fraction of sp³-hybridized carbons (Fsp3) is 0.333. The van der Waals surface area contributed by atoms with Crippen molar-refractivity contribution in [2.75, 3.05) is 13.7 Å². The molecule has 1 aromatic carbocycles. The molecule has 2 N–H and O–H groups in total. The van der Waals surface area contributed by atoms with E-state index in [-0.39, 0.29) is 6.61 Å². The quantitative estimate of drug-likeness (QED) is 0.827. The number of nitrogens with zero attached hydrogens (tertiary/aromatic N) is 2. The Bertz CT molecular complexity index is 485. The molecule has 1 aromatic heterocycles. The number of nitrogens with two attached hydrogens (primary N) is 1. The molecule has 0 aliphatic heterocycles. The van der Waals surface area contributed by atoms with E-state index in [9.17, 15) is 0 Å². The van der Waals surface area contributed by atoms with Gasteiger partial charge in [-0.25, -0.2) is 0 Å². The van der Waals surface area contributed by atoms with Crippen LogP contribution in [0, 0.1) is 0 Å². The minimum atomic E-state index is 0.231. The van der Waals surface area contributed by atoms with Gasteiger partial charge < -0.3 is 19.7 Å². The molecule has 2 aromatic rings. The van der Waals surface area contributed by atoms with Gasteiger partial charge in [-0.3, -0.25) is 0 Å². The van der Waals surface area contributed by atoms with Crippen LogP contribution in [0.4, 0.5) is 0 Å². The summed E-state index contributed by atoms with van der Waals surface area (Å²) in [7, 11) is 1.60. The van der Waals surface area contributed by atoms with E-state index < -0.39 is 0 Å². The molecule has 18 heavy (non-hydrogen) atoms.